The molecule has 2 N–H and O–H groups in total. The van der Waals surface area contributed by atoms with E-state index in [-0.39, 0.29) is 24.3 Å². The molecule has 0 aromatic rings. The third-order valence-electron chi connectivity index (χ3n) is 0.358. The van der Waals surface area contributed by atoms with Crippen molar-refractivity contribution in [3.63, 3.8) is 0 Å². The van der Waals surface area contributed by atoms with Crippen molar-refractivity contribution in [3.05, 3.63) is 0 Å². The zero-order chi connectivity index (χ0) is 5.86. The fourth-order valence-corrected chi connectivity index (χ4v) is 0.0543. The van der Waals surface area contributed by atoms with Gasteiger partial charge in [-0.3, -0.25) is 4.79 Å². The summed E-state index contributed by atoms with van der Waals surface area (Å²) in [5.74, 6) is -2.40. The number of halogens is 1. The first-order chi connectivity index (χ1) is 3.18. The Kier molecular flexibility index (Phi) is 13.4. The number of hydrogen-bond acceptors (Lipinski definition) is 3. The monoisotopic (exact) mass is 132 g/mol. The van der Waals surface area contributed by atoms with E-state index in [1.54, 1.807) is 0 Å². The fraction of sp³-hybridized carbons (Fsp3) is 0.333. The number of ketones is 1. The Morgan fingerprint density at radius 1 is 1.44 bits per heavy atom. The van der Waals surface area contributed by atoms with Crippen LogP contribution in [0.15, 0.2) is 0 Å². The second-order valence-electron chi connectivity index (χ2n) is 0.921. The van der Waals surface area contributed by atoms with E-state index < -0.39 is 11.8 Å². The summed E-state index contributed by atoms with van der Waals surface area (Å²) in [6.07, 6.45) is 0. The van der Waals surface area contributed by atoms with Crippen LogP contribution in [0, 0.1) is 0 Å². The molecule has 0 saturated carbocycles. The molecule has 0 radical (unpaired) electrons. The normalized spacial score (nSPS) is 6.00. The van der Waals surface area contributed by atoms with Crippen LogP contribution in [0.5, 0.6) is 0 Å². The Morgan fingerprint density at radius 2 is 1.78 bits per heavy atom. The maximum atomic E-state index is 10.6. The summed E-state index contributed by atoms with van der Waals surface area (Å²) in [7, 11) is 0. The number of Topliss-reactive ketones (excluding diaryl/α,β-unsaturated/α-hetero) is 1. The molecule has 0 aromatic heterocycles. The summed E-state index contributed by atoms with van der Waals surface area (Å²) in [5, 5.41) is 0. The van der Waals surface area contributed by atoms with E-state index in [0.29, 0.717) is 0 Å². The molecular formula is C3H6FLiO4. The van der Waals surface area contributed by atoms with E-state index in [2.05, 4.69) is 4.94 Å². The van der Waals surface area contributed by atoms with Crippen LogP contribution in [0.2, 0.25) is 0 Å². The van der Waals surface area contributed by atoms with E-state index in [1.165, 1.54) is 0 Å². The topological polar surface area (TPSA) is 74.9 Å². The second-order valence-corrected chi connectivity index (χ2v) is 0.921. The predicted octanol–water partition coefficient (Wildman–Crippen LogP) is -1.47. The number of carbonyl (C=O) groups is 2. The van der Waals surface area contributed by atoms with E-state index in [0.717, 1.165) is 6.92 Å². The van der Waals surface area contributed by atoms with E-state index in [9.17, 15) is 14.1 Å². The van der Waals surface area contributed by atoms with Gasteiger partial charge in [-0.15, -0.1) is 0 Å². The molecule has 0 aliphatic heterocycles. The van der Waals surface area contributed by atoms with Crippen LogP contribution in [-0.4, -0.2) is 36.1 Å². The molecule has 50 valence electrons. The van der Waals surface area contributed by atoms with Gasteiger partial charge < -0.3 is 5.48 Å². The van der Waals surface area contributed by atoms with Gasteiger partial charge in [0.25, 0.3) is 0 Å². The predicted molar refractivity (Wildman–Crippen MR) is 28.6 cm³/mol. The summed E-state index contributed by atoms with van der Waals surface area (Å²) in [6, 6.07) is 0. The Hall–Kier alpha value is -0.373. The van der Waals surface area contributed by atoms with Crippen molar-refractivity contribution in [1.82, 2.24) is 0 Å². The van der Waals surface area contributed by atoms with Gasteiger partial charge in [-0.2, -0.15) is 0 Å². The first-order valence-electron chi connectivity index (χ1n) is 1.52. The summed E-state index contributed by atoms with van der Waals surface area (Å²) >= 11 is 0. The quantitative estimate of drug-likeness (QED) is 0.323. The first kappa shape index (κ1) is 15.8. The van der Waals surface area contributed by atoms with Crippen molar-refractivity contribution >= 4 is 30.6 Å². The molecule has 0 atom stereocenters. The molecule has 0 fully saturated rings. The van der Waals surface area contributed by atoms with E-state index in [1.807, 2.05) is 0 Å². The zero-order valence-corrected chi connectivity index (χ0v) is 4.10. The van der Waals surface area contributed by atoms with Crippen molar-refractivity contribution in [2.24, 2.45) is 0 Å². The van der Waals surface area contributed by atoms with Crippen molar-refractivity contribution in [2.45, 2.75) is 6.92 Å². The van der Waals surface area contributed by atoms with Crippen LogP contribution in [0.4, 0.5) is 4.53 Å². The third-order valence-corrected chi connectivity index (χ3v) is 0.358. The van der Waals surface area contributed by atoms with Gasteiger partial charge in [-0.1, -0.05) is 0 Å². The molecule has 0 aromatic carbocycles. The average molecular weight is 132 g/mol. The Labute approximate surface area is 62.8 Å². The van der Waals surface area contributed by atoms with Gasteiger partial charge in [0, 0.05) is 11.4 Å². The SMILES string of the molecule is CC(=O)C(=O)OF.O.[LiH]. The molecule has 0 rings (SSSR count). The molecule has 0 heterocycles. The average Bonchev–Trinajstić information content (AvgIpc) is 1.65. The molecule has 0 unspecified atom stereocenters. The molecule has 0 spiro atoms. The minimum atomic E-state index is -1.46. The molecule has 0 aliphatic rings. The van der Waals surface area contributed by atoms with E-state index >= 15 is 0 Å². The van der Waals surface area contributed by atoms with E-state index in [4.69, 9.17) is 0 Å². The molecule has 9 heavy (non-hydrogen) atoms. The van der Waals surface area contributed by atoms with Gasteiger partial charge >= 0.3 is 24.8 Å². The van der Waals surface area contributed by atoms with Gasteiger partial charge in [0.1, 0.15) is 0 Å². The van der Waals surface area contributed by atoms with Crippen molar-refractivity contribution < 1.29 is 24.5 Å². The number of carbonyl (C=O) groups excluding carboxylic acids is 2. The third kappa shape index (κ3) is 7.63. The van der Waals surface area contributed by atoms with Crippen LogP contribution in [-0.2, 0) is 14.5 Å². The van der Waals surface area contributed by atoms with Crippen LogP contribution >= 0.6 is 0 Å². The Balaban J connectivity index is -0.000000180. The fourth-order valence-electron chi connectivity index (χ4n) is 0.0543. The molecule has 0 aliphatic carbocycles. The van der Waals surface area contributed by atoms with Crippen LogP contribution in [0.1, 0.15) is 6.92 Å². The summed E-state index contributed by atoms with van der Waals surface area (Å²) in [4.78, 5) is 21.7. The summed E-state index contributed by atoms with van der Waals surface area (Å²) in [6.45, 7) is 0.919. The standard InChI is InChI=1S/C3H3FO3.Li.H2O.H/c1-2(5)3(6)7-4;;;/h1H3;;1H2;. The van der Waals surface area contributed by atoms with Crippen LogP contribution in [0.25, 0.3) is 0 Å². The molecule has 4 nitrogen and oxygen atoms in total. The van der Waals surface area contributed by atoms with Crippen molar-refractivity contribution in [2.75, 3.05) is 0 Å². The minimum absolute atomic E-state index is 0. The summed E-state index contributed by atoms with van der Waals surface area (Å²) < 4.78 is 10.6. The summed E-state index contributed by atoms with van der Waals surface area (Å²) in [5.41, 5.74) is 0. The van der Waals surface area contributed by atoms with Crippen LogP contribution < -0.4 is 0 Å². The van der Waals surface area contributed by atoms with Crippen molar-refractivity contribution in [3.8, 4) is 0 Å². The van der Waals surface area contributed by atoms with Gasteiger partial charge in [-0.05, 0) is 0 Å². The molecule has 0 amide bonds. The van der Waals surface area contributed by atoms with Gasteiger partial charge in [0.2, 0.25) is 5.78 Å². The van der Waals surface area contributed by atoms with Gasteiger partial charge in [0.15, 0.2) is 0 Å². The Bertz CT molecular complexity index is 104. The first-order valence-corrected chi connectivity index (χ1v) is 1.52. The number of hydrogen-bond donors (Lipinski definition) is 0. The molecular weight excluding hydrogens is 126 g/mol. The molecule has 0 bridgehead atoms. The zero-order valence-electron chi connectivity index (χ0n) is 4.10. The number of rotatable bonds is 1. The Morgan fingerprint density at radius 3 is 1.78 bits per heavy atom. The van der Waals surface area contributed by atoms with Gasteiger partial charge in [0.05, 0.1) is 0 Å². The van der Waals surface area contributed by atoms with Crippen LogP contribution in [0.3, 0.4) is 0 Å². The molecule has 6 heteroatoms. The van der Waals surface area contributed by atoms with Gasteiger partial charge in [-0.25, -0.2) is 9.74 Å². The molecule has 0 saturated heterocycles. The maximum absolute atomic E-state index is 10.6. The second kappa shape index (κ2) is 7.63. The van der Waals surface area contributed by atoms with Crippen molar-refractivity contribution in [1.29, 1.82) is 0 Å².